The molecule has 2 aromatic carbocycles. The van der Waals surface area contributed by atoms with Crippen molar-refractivity contribution in [3.63, 3.8) is 0 Å². The molecule has 7 nitrogen and oxygen atoms in total. The van der Waals surface area contributed by atoms with Gasteiger partial charge in [-0.25, -0.2) is 0 Å². The van der Waals surface area contributed by atoms with Gasteiger partial charge in [-0.15, -0.1) is 0 Å². The Labute approximate surface area is 177 Å². The molecule has 3 rings (SSSR count). The Bertz CT molecular complexity index is 863. The summed E-state index contributed by atoms with van der Waals surface area (Å²) in [7, 11) is 6.81. The zero-order valence-corrected chi connectivity index (χ0v) is 18.0. The Morgan fingerprint density at radius 2 is 1.53 bits per heavy atom. The molecule has 0 unspecified atom stereocenters. The number of hydrogen-bond donors (Lipinski definition) is 1. The normalized spacial score (nSPS) is 14.6. The number of carbonyl (C=O) groups is 1. The van der Waals surface area contributed by atoms with Crippen molar-refractivity contribution in [2.24, 2.45) is 0 Å². The van der Waals surface area contributed by atoms with E-state index < -0.39 is 0 Å². The second-order valence-corrected chi connectivity index (χ2v) is 7.12. The molecule has 2 aromatic rings. The zero-order chi connectivity index (χ0) is 21.5. The van der Waals surface area contributed by atoms with E-state index >= 15 is 0 Å². The first kappa shape index (κ1) is 21.5. The number of benzene rings is 2. The number of carbonyl (C=O) groups excluding carboxylic acids is 1. The van der Waals surface area contributed by atoms with Gasteiger partial charge in [0.05, 0.1) is 21.3 Å². The maximum Gasteiger partial charge on any atom is 0.248 e. The van der Waals surface area contributed by atoms with Crippen molar-refractivity contribution >= 4 is 23.4 Å². The van der Waals surface area contributed by atoms with Crippen LogP contribution in [0, 0.1) is 0 Å². The van der Waals surface area contributed by atoms with Crippen LogP contribution < -0.4 is 24.4 Å². The van der Waals surface area contributed by atoms with Crippen molar-refractivity contribution in [3.05, 3.63) is 48.0 Å². The molecule has 30 heavy (non-hydrogen) atoms. The number of nitrogens with zero attached hydrogens (tertiary/aromatic N) is 2. The van der Waals surface area contributed by atoms with E-state index in [1.165, 1.54) is 11.8 Å². The van der Waals surface area contributed by atoms with Gasteiger partial charge >= 0.3 is 0 Å². The highest BCUT2D eigenvalue weighted by Gasteiger charge is 2.14. The number of ether oxygens (including phenoxy) is 3. The maximum absolute atomic E-state index is 12.3. The van der Waals surface area contributed by atoms with E-state index in [0.717, 1.165) is 37.4 Å². The fraction of sp³-hybridized carbons (Fsp3) is 0.348. The molecule has 1 aliphatic rings. The average Bonchev–Trinajstić information content (AvgIpc) is 2.78. The van der Waals surface area contributed by atoms with Crippen molar-refractivity contribution in [2.75, 3.05) is 64.8 Å². The Kier molecular flexibility index (Phi) is 7.19. The molecule has 0 atom stereocenters. The number of anilines is 2. The summed E-state index contributed by atoms with van der Waals surface area (Å²) in [6.45, 7) is 4.15. The van der Waals surface area contributed by atoms with E-state index in [1.807, 2.05) is 24.3 Å². The Morgan fingerprint density at radius 1 is 0.933 bits per heavy atom. The molecule has 0 aromatic heterocycles. The molecular weight excluding hydrogens is 382 g/mol. The van der Waals surface area contributed by atoms with Crippen molar-refractivity contribution in [2.45, 2.75) is 0 Å². The SMILES string of the molecule is COc1cc(/C=C/C(=O)Nc2ccc(N3CCN(C)CC3)cc2)cc(OC)c1OC. The van der Waals surface area contributed by atoms with E-state index in [1.54, 1.807) is 39.5 Å². The van der Waals surface area contributed by atoms with Crippen LogP contribution >= 0.6 is 0 Å². The van der Waals surface area contributed by atoms with E-state index in [9.17, 15) is 4.79 Å². The maximum atomic E-state index is 12.3. The number of rotatable bonds is 7. The highest BCUT2D eigenvalue weighted by molar-refractivity contribution is 6.02. The second-order valence-electron chi connectivity index (χ2n) is 7.12. The number of hydrogen-bond acceptors (Lipinski definition) is 6. The molecule has 0 spiro atoms. The first-order valence-corrected chi connectivity index (χ1v) is 9.86. The summed E-state index contributed by atoms with van der Waals surface area (Å²) in [5.41, 5.74) is 2.70. The van der Waals surface area contributed by atoms with Crippen LogP contribution in [0.25, 0.3) is 6.08 Å². The van der Waals surface area contributed by atoms with E-state index in [-0.39, 0.29) is 5.91 Å². The highest BCUT2D eigenvalue weighted by atomic mass is 16.5. The number of likely N-dealkylation sites (N-methyl/N-ethyl adjacent to an activating group) is 1. The molecule has 0 aliphatic carbocycles. The molecule has 0 saturated carbocycles. The van der Waals surface area contributed by atoms with Crippen molar-refractivity contribution in [3.8, 4) is 17.2 Å². The van der Waals surface area contributed by atoms with Gasteiger partial charge in [-0.3, -0.25) is 4.79 Å². The molecule has 1 aliphatic heterocycles. The number of amides is 1. The third-order valence-electron chi connectivity index (χ3n) is 5.12. The topological polar surface area (TPSA) is 63.3 Å². The van der Waals surface area contributed by atoms with Crippen LogP contribution in [0.15, 0.2) is 42.5 Å². The van der Waals surface area contributed by atoms with Gasteiger partial charge in [-0.2, -0.15) is 0 Å². The quantitative estimate of drug-likeness (QED) is 0.707. The molecule has 1 saturated heterocycles. The lowest BCUT2D eigenvalue weighted by atomic mass is 10.1. The molecule has 0 radical (unpaired) electrons. The first-order chi connectivity index (χ1) is 14.5. The highest BCUT2D eigenvalue weighted by Crippen LogP contribution is 2.38. The fourth-order valence-electron chi connectivity index (χ4n) is 3.37. The van der Waals surface area contributed by atoms with E-state index in [4.69, 9.17) is 14.2 Å². The van der Waals surface area contributed by atoms with Gasteiger partial charge in [0.2, 0.25) is 11.7 Å². The Hall–Kier alpha value is -3.19. The predicted octanol–water partition coefficient (Wildman–Crippen LogP) is 3.12. The van der Waals surface area contributed by atoms with Crippen molar-refractivity contribution < 1.29 is 19.0 Å². The van der Waals surface area contributed by atoms with E-state index in [0.29, 0.717) is 17.2 Å². The Morgan fingerprint density at radius 3 is 2.07 bits per heavy atom. The standard InChI is InChI=1S/C23H29N3O4/c1-25-11-13-26(14-12-25)19-8-6-18(7-9-19)24-22(27)10-5-17-15-20(28-2)23(30-4)21(16-17)29-3/h5-10,15-16H,11-14H2,1-4H3,(H,24,27)/b10-5+. The largest absolute Gasteiger partial charge is 0.493 e. The molecule has 1 N–H and O–H groups in total. The predicted molar refractivity (Wildman–Crippen MR) is 120 cm³/mol. The smallest absolute Gasteiger partial charge is 0.248 e. The average molecular weight is 412 g/mol. The van der Waals surface area contributed by atoms with Crippen LogP contribution in [0.5, 0.6) is 17.2 Å². The molecule has 0 bridgehead atoms. The van der Waals surface area contributed by atoms with Gasteiger partial charge in [-0.05, 0) is 55.1 Å². The minimum Gasteiger partial charge on any atom is -0.493 e. The summed E-state index contributed by atoms with van der Waals surface area (Å²) < 4.78 is 16.0. The Balaban J connectivity index is 1.63. The third kappa shape index (κ3) is 5.24. The molecule has 160 valence electrons. The van der Waals surface area contributed by atoms with Crippen molar-refractivity contribution in [1.29, 1.82) is 0 Å². The van der Waals surface area contributed by atoms with Gasteiger partial charge < -0.3 is 29.3 Å². The zero-order valence-electron chi connectivity index (χ0n) is 18.0. The summed E-state index contributed by atoms with van der Waals surface area (Å²) in [5, 5.41) is 2.89. The lowest BCUT2D eigenvalue weighted by Crippen LogP contribution is -2.44. The monoisotopic (exact) mass is 411 g/mol. The van der Waals surface area contributed by atoms with Crippen LogP contribution in [0.1, 0.15) is 5.56 Å². The second kappa shape index (κ2) is 10.0. The lowest BCUT2D eigenvalue weighted by molar-refractivity contribution is -0.111. The molecular formula is C23H29N3O4. The number of nitrogens with one attached hydrogen (secondary N) is 1. The number of piperazine rings is 1. The summed E-state index contributed by atoms with van der Waals surface area (Å²) in [4.78, 5) is 17.0. The van der Waals surface area contributed by atoms with Crippen molar-refractivity contribution in [1.82, 2.24) is 4.90 Å². The van der Waals surface area contributed by atoms with Crippen LogP contribution in [0.4, 0.5) is 11.4 Å². The molecule has 1 amide bonds. The van der Waals surface area contributed by atoms with Crippen LogP contribution in [0.2, 0.25) is 0 Å². The summed E-state index contributed by atoms with van der Waals surface area (Å²) in [6.07, 6.45) is 3.19. The minimum atomic E-state index is -0.212. The van der Waals surface area contributed by atoms with Crippen LogP contribution in [-0.4, -0.2) is 65.4 Å². The van der Waals surface area contributed by atoms with Gasteiger partial charge in [0.25, 0.3) is 0 Å². The van der Waals surface area contributed by atoms with Crippen LogP contribution in [0.3, 0.4) is 0 Å². The van der Waals surface area contributed by atoms with Gasteiger partial charge in [0.15, 0.2) is 11.5 Å². The third-order valence-corrected chi connectivity index (χ3v) is 5.12. The summed E-state index contributed by atoms with van der Waals surface area (Å²) in [5.74, 6) is 1.38. The minimum absolute atomic E-state index is 0.212. The van der Waals surface area contributed by atoms with Gasteiger partial charge in [0.1, 0.15) is 0 Å². The molecule has 7 heteroatoms. The summed E-state index contributed by atoms with van der Waals surface area (Å²) in [6, 6.07) is 11.5. The lowest BCUT2D eigenvalue weighted by Gasteiger charge is -2.34. The summed E-state index contributed by atoms with van der Waals surface area (Å²) >= 11 is 0. The fourth-order valence-corrected chi connectivity index (χ4v) is 3.37. The van der Waals surface area contributed by atoms with E-state index in [2.05, 4.69) is 22.2 Å². The molecule has 1 heterocycles. The van der Waals surface area contributed by atoms with Gasteiger partial charge in [-0.1, -0.05) is 0 Å². The first-order valence-electron chi connectivity index (χ1n) is 9.86. The van der Waals surface area contributed by atoms with Gasteiger partial charge in [0, 0.05) is 43.6 Å². The number of methoxy groups -OCH3 is 3. The molecule has 1 fully saturated rings. The van der Waals surface area contributed by atoms with Crippen LogP contribution in [-0.2, 0) is 4.79 Å².